The van der Waals surface area contributed by atoms with E-state index in [0.717, 1.165) is 17.7 Å². The van der Waals surface area contributed by atoms with Crippen molar-refractivity contribution in [2.45, 2.75) is 26.2 Å². The van der Waals surface area contributed by atoms with Gasteiger partial charge in [-0.25, -0.2) is 0 Å². The lowest BCUT2D eigenvalue weighted by Gasteiger charge is -2.06. The highest BCUT2D eigenvalue weighted by molar-refractivity contribution is 5.75. The monoisotopic (exact) mass is 179 g/mol. The van der Waals surface area contributed by atoms with Gasteiger partial charge < -0.3 is 5.11 Å². The van der Waals surface area contributed by atoms with Gasteiger partial charge in [-0.3, -0.25) is 9.78 Å². The molecule has 1 unspecified atom stereocenters. The third-order valence-corrected chi connectivity index (χ3v) is 2.07. The fourth-order valence-electron chi connectivity index (χ4n) is 1.10. The number of aryl methyl sites for hydroxylation is 1. The van der Waals surface area contributed by atoms with E-state index in [1.165, 1.54) is 0 Å². The van der Waals surface area contributed by atoms with E-state index in [4.69, 9.17) is 5.11 Å². The maximum absolute atomic E-state index is 10.7. The number of rotatable bonds is 3. The molecule has 1 aromatic heterocycles. The molecule has 0 aromatic carbocycles. The van der Waals surface area contributed by atoms with E-state index in [2.05, 4.69) is 4.98 Å². The number of aliphatic carboxylic acids is 1. The molecule has 0 spiro atoms. The molecule has 1 heterocycles. The highest BCUT2D eigenvalue weighted by Crippen LogP contribution is 2.15. The second kappa shape index (κ2) is 4.03. The summed E-state index contributed by atoms with van der Waals surface area (Å²) in [5.41, 5.74) is 1.75. The number of pyridine rings is 1. The van der Waals surface area contributed by atoms with Crippen LogP contribution in [0.25, 0.3) is 0 Å². The highest BCUT2D eigenvalue weighted by Gasteiger charge is 2.13. The van der Waals surface area contributed by atoms with E-state index in [1.807, 2.05) is 13.0 Å². The van der Waals surface area contributed by atoms with Gasteiger partial charge in [-0.15, -0.1) is 0 Å². The van der Waals surface area contributed by atoms with Crippen LogP contribution in [0.5, 0.6) is 0 Å². The molecule has 0 aliphatic heterocycles. The summed E-state index contributed by atoms with van der Waals surface area (Å²) in [5, 5.41) is 8.78. The second-order valence-electron chi connectivity index (χ2n) is 2.99. The molecule has 3 nitrogen and oxygen atoms in total. The van der Waals surface area contributed by atoms with Gasteiger partial charge >= 0.3 is 5.97 Å². The van der Waals surface area contributed by atoms with E-state index in [0.29, 0.717) is 0 Å². The van der Waals surface area contributed by atoms with Crippen molar-refractivity contribution in [3.8, 4) is 0 Å². The quantitative estimate of drug-likeness (QED) is 0.770. The standard InChI is InChI=1S/C10H13NO2/c1-3-9-6-8(4-5-11-9)7(2)10(12)13/h4-7H,3H2,1-2H3,(H,12,13). The van der Waals surface area contributed by atoms with Crippen molar-refractivity contribution < 1.29 is 9.90 Å². The van der Waals surface area contributed by atoms with Crippen LogP contribution in [-0.4, -0.2) is 16.1 Å². The van der Waals surface area contributed by atoms with Crippen molar-refractivity contribution in [3.05, 3.63) is 29.6 Å². The Morgan fingerprint density at radius 2 is 2.38 bits per heavy atom. The summed E-state index contributed by atoms with van der Waals surface area (Å²) in [5.74, 6) is -1.25. The molecule has 1 aromatic rings. The molecule has 13 heavy (non-hydrogen) atoms. The lowest BCUT2D eigenvalue weighted by Crippen LogP contribution is -2.07. The number of nitrogens with zero attached hydrogens (tertiary/aromatic N) is 1. The first-order valence-corrected chi connectivity index (χ1v) is 4.32. The van der Waals surface area contributed by atoms with Crippen LogP contribution in [0.4, 0.5) is 0 Å². The van der Waals surface area contributed by atoms with Gasteiger partial charge in [0, 0.05) is 11.9 Å². The average Bonchev–Trinajstić information content (AvgIpc) is 2.16. The topological polar surface area (TPSA) is 50.2 Å². The molecule has 0 amide bonds. The molecular weight excluding hydrogens is 166 g/mol. The summed E-state index contributed by atoms with van der Waals surface area (Å²) in [6, 6.07) is 3.59. The number of hydrogen-bond acceptors (Lipinski definition) is 2. The Hall–Kier alpha value is -1.38. The van der Waals surface area contributed by atoms with E-state index >= 15 is 0 Å². The first kappa shape index (κ1) is 9.71. The molecule has 0 saturated heterocycles. The van der Waals surface area contributed by atoms with Crippen LogP contribution in [0.1, 0.15) is 31.0 Å². The smallest absolute Gasteiger partial charge is 0.310 e. The van der Waals surface area contributed by atoms with Gasteiger partial charge in [0.1, 0.15) is 0 Å². The molecule has 1 rings (SSSR count). The number of carboxylic acid groups (broad SMARTS) is 1. The van der Waals surface area contributed by atoms with Gasteiger partial charge in [-0.2, -0.15) is 0 Å². The molecule has 0 radical (unpaired) electrons. The first-order valence-electron chi connectivity index (χ1n) is 4.32. The van der Waals surface area contributed by atoms with Gasteiger partial charge in [-0.05, 0) is 31.0 Å². The van der Waals surface area contributed by atoms with Crippen LogP contribution >= 0.6 is 0 Å². The molecule has 1 atom stereocenters. The zero-order chi connectivity index (χ0) is 9.84. The second-order valence-corrected chi connectivity index (χ2v) is 2.99. The molecule has 1 N–H and O–H groups in total. The minimum absolute atomic E-state index is 0.451. The number of carboxylic acids is 1. The van der Waals surface area contributed by atoms with Crippen LogP contribution in [-0.2, 0) is 11.2 Å². The van der Waals surface area contributed by atoms with Crippen LogP contribution < -0.4 is 0 Å². The van der Waals surface area contributed by atoms with Crippen LogP contribution in [0.3, 0.4) is 0 Å². The number of aromatic nitrogens is 1. The van der Waals surface area contributed by atoms with E-state index in [9.17, 15) is 4.79 Å². The molecule has 0 saturated carbocycles. The SMILES string of the molecule is CCc1cc(C(C)C(=O)O)ccn1. The fourth-order valence-corrected chi connectivity index (χ4v) is 1.10. The Balaban J connectivity index is 2.94. The third kappa shape index (κ3) is 2.28. The van der Waals surface area contributed by atoms with Gasteiger partial charge in [0.15, 0.2) is 0 Å². The molecule has 3 heteroatoms. The van der Waals surface area contributed by atoms with E-state index < -0.39 is 11.9 Å². The highest BCUT2D eigenvalue weighted by atomic mass is 16.4. The molecule has 0 bridgehead atoms. The lowest BCUT2D eigenvalue weighted by atomic mass is 10.0. The van der Waals surface area contributed by atoms with Crippen molar-refractivity contribution in [2.75, 3.05) is 0 Å². The number of carbonyl (C=O) groups is 1. The Bertz CT molecular complexity index is 310. The first-order chi connectivity index (χ1) is 6.15. The molecule has 0 aliphatic carbocycles. The largest absolute Gasteiger partial charge is 0.481 e. The minimum atomic E-state index is -0.798. The minimum Gasteiger partial charge on any atom is -0.481 e. The predicted molar refractivity (Wildman–Crippen MR) is 49.7 cm³/mol. The summed E-state index contributed by atoms with van der Waals surface area (Å²) in [6.45, 7) is 3.68. The molecular formula is C10H13NO2. The van der Waals surface area contributed by atoms with Crippen molar-refractivity contribution in [1.82, 2.24) is 4.98 Å². The Morgan fingerprint density at radius 1 is 1.69 bits per heavy atom. The zero-order valence-electron chi connectivity index (χ0n) is 7.82. The van der Waals surface area contributed by atoms with Crippen LogP contribution in [0.15, 0.2) is 18.3 Å². The van der Waals surface area contributed by atoms with Gasteiger partial charge in [0.25, 0.3) is 0 Å². The predicted octanol–water partition coefficient (Wildman–Crippen LogP) is 1.83. The summed E-state index contributed by atoms with van der Waals surface area (Å²) in [4.78, 5) is 14.8. The Morgan fingerprint density at radius 3 is 2.92 bits per heavy atom. The van der Waals surface area contributed by atoms with Crippen molar-refractivity contribution in [1.29, 1.82) is 0 Å². The van der Waals surface area contributed by atoms with Crippen molar-refractivity contribution in [3.63, 3.8) is 0 Å². The molecule has 70 valence electrons. The Labute approximate surface area is 77.4 Å². The maximum Gasteiger partial charge on any atom is 0.310 e. The van der Waals surface area contributed by atoms with Crippen LogP contribution in [0.2, 0.25) is 0 Å². The van der Waals surface area contributed by atoms with E-state index in [1.54, 1.807) is 19.2 Å². The van der Waals surface area contributed by atoms with Gasteiger partial charge in [0.2, 0.25) is 0 Å². The number of hydrogen-bond donors (Lipinski definition) is 1. The zero-order valence-corrected chi connectivity index (χ0v) is 7.82. The van der Waals surface area contributed by atoms with Gasteiger partial charge in [0.05, 0.1) is 5.92 Å². The van der Waals surface area contributed by atoms with E-state index in [-0.39, 0.29) is 0 Å². The summed E-state index contributed by atoms with van der Waals surface area (Å²) in [7, 11) is 0. The van der Waals surface area contributed by atoms with Crippen molar-refractivity contribution >= 4 is 5.97 Å². The summed E-state index contributed by atoms with van der Waals surface area (Å²) >= 11 is 0. The fraction of sp³-hybridized carbons (Fsp3) is 0.400. The van der Waals surface area contributed by atoms with Crippen LogP contribution in [0, 0.1) is 0 Å². The third-order valence-electron chi connectivity index (χ3n) is 2.07. The summed E-state index contributed by atoms with van der Waals surface area (Å²) < 4.78 is 0. The average molecular weight is 179 g/mol. The Kier molecular flexibility index (Phi) is 3.01. The maximum atomic E-state index is 10.7. The normalized spacial score (nSPS) is 12.5. The molecule has 0 fully saturated rings. The van der Waals surface area contributed by atoms with Gasteiger partial charge in [-0.1, -0.05) is 6.92 Å². The van der Waals surface area contributed by atoms with Crippen molar-refractivity contribution in [2.24, 2.45) is 0 Å². The lowest BCUT2D eigenvalue weighted by molar-refractivity contribution is -0.138. The molecule has 0 aliphatic rings. The summed E-state index contributed by atoms with van der Waals surface area (Å²) in [6.07, 6.45) is 2.49.